The smallest absolute Gasteiger partial charge is 0.339 e. The van der Waals surface area contributed by atoms with Crippen LogP contribution in [0.2, 0.25) is 10.0 Å². The topological polar surface area (TPSA) is 98.2 Å². The van der Waals surface area contributed by atoms with E-state index in [1.165, 1.54) is 18.3 Å². The highest BCUT2D eigenvalue weighted by Gasteiger charge is 2.27. The van der Waals surface area contributed by atoms with E-state index < -0.39 is 16.0 Å². The first-order chi connectivity index (χ1) is 16.2. The molecule has 11 heteroatoms. The molecule has 4 aromatic rings. The number of nitrogens with one attached hydrogen (secondary N) is 1. The molecule has 0 aliphatic rings. The molecule has 0 fully saturated rings. The lowest BCUT2D eigenvalue weighted by molar-refractivity contribution is 0.0944. The number of pyridine rings is 2. The number of carbonyl (C=O) groups excluding carboxylic acids is 1. The second-order valence-corrected chi connectivity index (χ2v) is 10.4. The monoisotopic (exact) mass is 579 g/mol. The van der Waals surface area contributed by atoms with Gasteiger partial charge in [0.1, 0.15) is 15.0 Å². The standard InChI is InChI=1S/C23H16BrCl2N3O4S/c1-13-4-8-16(9-5-13)34(31,32)33-21-19-17(3-2-10-27-19)22(24)29-20(21)23(30)28-12-14-6-7-15(25)11-18(14)26/h2-11H,12H2,1H3,(H,28,30). The van der Waals surface area contributed by atoms with Crippen molar-refractivity contribution in [2.24, 2.45) is 0 Å². The van der Waals surface area contributed by atoms with Crippen molar-refractivity contribution in [1.29, 1.82) is 0 Å². The number of aromatic nitrogens is 2. The summed E-state index contributed by atoms with van der Waals surface area (Å²) >= 11 is 15.4. The molecule has 174 valence electrons. The number of aryl methyl sites for hydroxylation is 1. The summed E-state index contributed by atoms with van der Waals surface area (Å²) in [4.78, 5) is 21.6. The number of amides is 1. The second kappa shape index (κ2) is 9.87. The molecular weight excluding hydrogens is 565 g/mol. The van der Waals surface area contributed by atoms with Gasteiger partial charge in [-0.1, -0.05) is 47.0 Å². The van der Waals surface area contributed by atoms with Gasteiger partial charge in [0.25, 0.3) is 5.91 Å². The van der Waals surface area contributed by atoms with E-state index in [-0.39, 0.29) is 28.4 Å². The van der Waals surface area contributed by atoms with E-state index in [0.29, 0.717) is 25.6 Å². The molecular formula is C23H16BrCl2N3O4S. The molecule has 0 bridgehead atoms. The SMILES string of the molecule is Cc1ccc(S(=O)(=O)Oc2c(C(=O)NCc3ccc(Cl)cc3Cl)nc(Br)c3cccnc23)cc1. The molecule has 0 saturated heterocycles. The van der Waals surface area contributed by atoms with Gasteiger partial charge in [0, 0.05) is 28.2 Å². The average Bonchev–Trinajstić information content (AvgIpc) is 2.80. The van der Waals surface area contributed by atoms with E-state index in [1.807, 2.05) is 6.92 Å². The van der Waals surface area contributed by atoms with E-state index in [2.05, 4.69) is 31.2 Å². The Balaban J connectivity index is 1.75. The second-order valence-electron chi connectivity index (χ2n) is 7.25. The van der Waals surface area contributed by atoms with Gasteiger partial charge in [-0.05, 0) is 64.8 Å². The minimum atomic E-state index is -4.28. The van der Waals surface area contributed by atoms with Crippen molar-refractivity contribution in [2.75, 3.05) is 0 Å². The Labute approximate surface area is 214 Å². The van der Waals surface area contributed by atoms with Gasteiger partial charge in [0.05, 0.1) is 0 Å². The largest absolute Gasteiger partial charge is 0.374 e. The van der Waals surface area contributed by atoms with Crippen molar-refractivity contribution in [2.45, 2.75) is 18.4 Å². The van der Waals surface area contributed by atoms with Crippen LogP contribution in [0.4, 0.5) is 0 Å². The Bertz CT molecular complexity index is 1510. The van der Waals surface area contributed by atoms with Gasteiger partial charge in [-0.25, -0.2) is 4.98 Å². The van der Waals surface area contributed by atoms with Gasteiger partial charge in [-0.2, -0.15) is 8.42 Å². The number of benzene rings is 2. The summed E-state index contributed by atoms with van der Waals surface area (Å²) in [6, 6.07) is 14.4. The van der Waals surface area contributed by atoms with Crippen LogP contribution in [-0.4, -0.2) is 24.3 Å². The van der Waals surface area contributed by atoms with E-state index in [4.69, 9.17) is 27.4 Å². The zero-order valence-electron chi connectivity index (χ0n) is 17.6. The summed E-state index contributed by atoms with van der Waals surface area (Å²) in [6.45, 7) is 1.89. The molecule has 34 heavy (non-hydrogen) atoms. The van der Waals surface area contributed by atoms with E-state index >= 15 is 0 Å². The third-order valence-corrected chi connectivity index (χ3v) is 7.27. The van der Waals surface area contributed by atoms with Crippen molar-refractivity contribution in [3.8, 4) is 5.75 Å². The average molecular weight is 581 g/mol. The number of fused-ring (bicyclic) bond motifs is 1. The highest BCUT2D eigenvalue weighted by atomic mass is 79.9. The Morgan fingerprint density at radius 3 is 2.56 bits per heavy atom. The maximum Gasteiger partial charge on any atom is 0.339 e. The number of carbonyl (C=O) groups is 1. The quantitative estimate of drug-likeness (QED) is 0.232. The highest BCUT2D eigenvalue weighted by molar-refractivity contribution is 9.10. The minimum absolute atomic E-state index is 0.0541. The fourth-order valence-corrected chi connectivity index (χ4v) is 5.01. The van der Waals surface area contributed by atoms with Crippen LogP contribution in [0.1, 0.15) is 21.6 Å². The fraction of sp³-hybridized carbons (Fsp3) is 0.0870. The molecule has 0 radical (unpaired) electrons. The van der Waals surface area contributed by atoms with Gasteiger partial charge in [0.15, 0.2) is 5.69 Å². The predicted octanol–water partition coefficient (Wildman–Crippen LogP) is 5.71. The van der Waals surface area contributed by atoms with Gasteiger partial charge < -0.3 is 9.50 Å². The molecule has 1 N–H and O–H groups in total. The molecule has 0 spiro atoms. The Morgan fingerprint density at radius 2 is 1.85 bits per heavy atom. The summed E-state index contributed by atoms with van der Waals surface area (Å²) in [5.74, 6) is -0.951. The van der Waals surface area contributed by atoms with Crippen LogP contribution in [-0.2, 0) is 16.7 Å². The molecule has 1 amide bonds. The van der Waals surface area contributed by atoms with Crippen molar-refractivity contribution in [3.05, 3.63) is 92.3 Å². The van der Waals surface area contributed by atoms with E-state index in [1.54, 1.807) is 42.5 Å². The molecule has 0 atom stereocenters. The summed E-state index contributed by atoms with van der Waals surface area (Å²) in [5, 5.41) is 4.01. The maximum atomic E-state index is 13.1. The molecule has 0 unspecified atom stereocenters. The first-order valence-electron chi connectivity index (χ1n) is 9.83. The maximum absolute atomic E-state index is 13.1. The molecule has 7 nitrogen and oxygen atoms in total. The molecule has 0 saturated carbocycles. The summed E-state index contributed by atoms with van der Waals surface area (Å²) in [7, 11) is -4.28. The van der Waals surface area contributed by atoms with Gasteiger partial charge in [-0.15, -0.1) is 0 Å². The first-order valence-corrected chi connectivity index (χ1v) is 12.8. The third-order valence-electron chi connectivity index (χ3n) is 4.84. The predicted molar refractivity (Wildman–Crippen MR) is 134 cm³/mol. The molecule has 4 rings (SSSR count). The van der Waals surface area contributed by atoms with Crippen molar-refractivity contribution in [3.63, 3.8) is 0 Å². The zero-order valence-corrected chi connectivity index (χ0v) is 21.5. The Morgan fingerprint density at radius 1 is 1.12 bits per heavy atom. The normalized spacial score (nSPS) is 11.4. The minimum Gasteiger partial charge on any atom is -0.374 e. The number of hydrogen-bond donors (Lipinski definition) is 1. The number of hydrogen-bond acceptors (Lipinski definition) is 6. The van der Waals surface area contributed by atoms with Crippen molar-refractivity contribution in [1.82, 2.24) is 15.3 Å². The van der Waals surface area contributed by atoms with Crippen LogP contribution in [0.3, 0.4) is 0 Å². The van der Waals surface area contributed by atoms with Crippen molar-refractivity contribution >= 4 is 66.1 Å². The lowest BCUT2D eigenvalue weighted by atomic mass is 10.2. The van der Waals surface area contributed by atoms with Crippen LogP contribution in [0.15, 0.2) is 70.3 Å². The van der Waals surface area contributed by atoms with E-state index in [0.717, 1.165) is 5.56 Å². The van der Waals surface area contributed by atoms with Crippen LogP contribution < -0.4 is 9.50 Å². The third kappa shape index (κ3) is 5.17. The first kappa shape index (κ1) is 24.4. The van der Waals surface area contributed by atoms with Gasteiger partial charge in [-0.3, -0.25) is 9.78 Å². The number of rotatable bonds is 6. The van der Waals surface area contributed by atoms with Gasteiger partial charge >= 0.3 is 10.1 Å². The molecule has 2 aromatic carbocycles. The molecule has 0 aliphatic heterocycles. The summed E-state index contributed by atoms with van der Waals surface area (Å²) < 4.78 is 31.8. The zero-order chi connectivity index (χ0) is 24.5. The van der Waals surface area contributed by atoms with Crippen LogP contribution in [0.5, 0.6) is 5.75 Å². The Kier molecular flexibility index (Phi) is 7.09. The van der Waals surface area contributed by atoms with Crippen molar-refractivity contribution < 1.29 is 17.4 Å². The highest BCUT2D eigenvalue weighted by Crippen LogP contribution is 2.34. The molecule has 2 aromatic heterocycles. The number of halogens is 3. The summed E-state index contributed by atoms with van der Waals surface area (Å²) in [5.41, 5.74) is 1.41. The van der Waals surface area contributed by atoms with Crippen LogP contribution in [0, 0.1) is 6.92 Å². The Hall–Kier alpha value is -2.72. The lowest BCUT2D eigenvalue weighted by Gasteiger charge is -2.14. The van der Waals surface area contributed by atoms with Gasteiger partial charge in [0.2, 0.25) is 5.75 Å². The van der Waals surface area contributed by atoms with Crippen LogP contribution >= 0.6 is 39.1 Å². The fourth-order valence-electron chi connectivity index (χ4n) is 3.09. The number of nitrogens with zero attached hydrogens (tertiary/aromatic N) is 2. The van der Waals surface area contributed by atoms with Crippen LogP contribution in [0.25, 0.3) is 10.9 Å². The molecule has 0 aliphatic carbocycles. The summed E-state index contributed by atoms with van der Waals surface area (Å²) in [6.07, 6.45) is 1.47. The molecule has 2 heterocycles. The lowest BCUT2D eigenvalue weighted by Crippen LogP contribution is -2.26. The van der Waals surface area contributed by atoms with E-state index in [9.17, 15) is 13.2 Å².